The van der Waals surface area contributed by atoms with Gasteiger partial charge < -0.3 is 10.0 Å². The van der Waals surface area contributed by atoms with Crippen LogP contribution in [-0.2, 0) is 0 Å². The third kappa shape index (κ3) is 3.64. The molecular weight excluding hydrogens is 372 g/mol. The molecule has 1 aromatic carbocycles. The van der Waals surface area contributed by atoms with Crippen molar-refractivity contribution in [2.75, 3.05) is 13.1 Å². The Morgan fingerprint density at radius 1 is 1.08 bits per heavy atom. The molecule has 1 fully saturated rings. The van der Waals surface area contributed by atoms with E-state index in [0.29, 0.717) is 24.6 Å². The first-order valence-corrected chi connectivity index (χ1v) is 8.58. The topological polar surface area (TPSA) is 70.5 Å². The summed E-state index contributed by atoms with van der Waals surface area (Å²) in [6.07, 6.45) is 3.19. The van der Waals surface area contributed by atoms with Crippen molar-refractivity contribution in [1.29, 1.82) is 0 Å². The van der Waals surface area contributed by atoms with Gasteiger partial charge in [-0.2, -0.15) is 0 Å². The highest BCUT2D eigenvalue weighted by Crippen LogP contribution is 2.29. The van der Waals surface area contributed by atoms with E-state index < -0.39 is 5.97 Å². The van der Waals surface area contributed by atoms with Crippen LogP contribution in [0.5, 0.6) is 0 Å². The molecule has 1 amide bonds. The first kappa shape index (κ1) is 16.6. The molecule has 0 radical (unpaired) electrons. The molecule has 1 saturated heterocycles. The van der Waals surface area contributed by atoms with Crippen molar-refractivity contribution in [1.82, 2.24) is 9.88 Å². The van der Waals surface area contributed by atoms with Crippen molar-refractivity contribution >= 4 is 27.8 Å². The molecule has 0 spiro atoms. The van der Waals surface area contributed by atoms with Crippen LogP contribution < -0.4 is 0 Å². The van der Waals surface area contributed by atoms with E-state index in [9.17, 15) is 9.59 Å². The summed E-state index contributed by atoms with van der Waals surface area (Å²) in [5.74, 6) is -0.715. The predicted molar refractivity (Wildman–Crippen MR) is 93.2 cm³/mol. The Balaban J connectivity index is 1.62. The summed E-state index contributed by atoms with van der Waals surface area (Å²) >= 11 is 3.44. The van der Waals surface area contributed by atoms with Gasteiger partial charge in [-0.15, -0.1) is 0 Å². The van der Waals surface area contributed by atoms with Crippen LogP contribution in [0, 0.1) is 0 Å². The van der Waals surface area contributed by atoms with E-state index in [4.69, 9.17) is 5.11 Å². The maximum atomic E-state index is 12.5. The number of likely N-dealkylation sites (tertiary alicyclic amines) is 1. The quantitative estimate of drug-likeness (QED) is 0.872. The minimum atomic E-state index is -1.09. The van der Waals surface area contributed by atoms with Gasteiger partial charge in [-0.3, -0.25) is 4.79 Å². The number of carbonyl (C=O) groups is 2. The van der Waals surface area contributed by atoms with Gasteiger partial charge in [-0.1, -0.05) is 28.1 Å². The molecule has 2 aromatic rings. The van der Waals surface area contributed by atoms with Crippen LogP contribution in [0.3, 0.4) is 0 Å². The number of carboxylic acid groups (broad SMARTS) is 1. The Hall–Kier alpha value is -2.21. The standard InChI is InChI=1S/C18H17BrN2O3/c19-15-4-1-12(2-5-15)13-7-9-21(10-8-13)17(22)14-3-6-16(18(23)24)20-11-14/h1-6,11,13H,7-10H2,(H,23,24). The molecule has 5 nitrogen and oxygen atoms in total. The lowest BCUT2D eigenvalue weighted by Crippen LogP contribution is -2.38. The molecule has 0 saturated carbocycles. The molecule has 1 N–H and O–H groups in total. The Kier molecular flexibility index (Phi) is 4.94. The van der Waals surface area contributed by atoms with E-state index in [2.05, 4.69) is 33.0 Å². The molecule has 0 bridgehead atoms. The molecule has 0 unspecified atom stereocenters. The fraction of sp³-hybridized carbons (Fsp3) is 0.278. The van der Waals surface area contributed by atoms with Crippen LogP contribution in [0.15, 0.2) is 47.1 Å². The summed E-state index contributed by atoms with van der Waals surface area (Å²) in [5, 5.41) is 8.86. The molecule has 6 heteroatoms. The smallest absolute Gasteiger partial charge is 0.354 e. The lowest BCUT2D eigenvalue weighted by Gasteiger charge is -2.32. The Morgan fingerprint density at radius 2 is 1.75 bits per heavy atom. The second kappa shape index (κ2) is 7.13. The number of piperidine rings is 1. The van der Waals surface area contributed by atoms with Crippen molar-refractivity contribution < 1.29 is 14.7 Å². The van der Waals surface area contributed by atoms with E-state index in [1.54, 1.807) is 0 Å². The largest absolute Gasteiger partial charge is 0.477 e. The van der Waals surface area contributed by atoms with E-state index in [1.165, 1.54) is 23.9 Å². The summed E-state index contributed by atoms with van der Waals surface area (Å²) in [6.45, 7) is 1.39. The zero-order valence-electron chi connectivity index (χ0n) is 13.0. The molecule has 1 aliphatic heterocycles. The number of amides is 1. The summed E-state index contributed by atoms with van der Waals surface area (Å²) in [7, 11) is 0. The third-order valence-corrected chi connectivity index (χ3v) is 4.88. The van der Waals surface area contributed by atoms with E-state index in [-0.39, 0.29) is 11.6 Å². The second-order valence-corrected chi connectivity index (χ2v) is 6.77. The number of aromatic carboxylic acids is 1. The van der Waals surface area contributed by atoms with Gasteiger partial charge in [0.2, 0.25) is 0 Å². The Morgan fingerprint density at radius 3 is 2.29 bits per heavy atom. The van der Waals surface area contributed by atoms with Gasteiger partial charge in [0.25, 0.3) is 5.91 Å². The monoisotopic (exact) mass is 388 g/mol. The number of hydrogen-bond acceptors (Lipinski definition) is 3. The van der Waals surface area contributed by atoms with E-state index in [1.807, 2.05) is 17.0 Å². The van der Waals surface area contributed by atoms with Crippen molar-refractivity contribution in [3.63, 3.8) is 0 Å². The van der Waals surface area contributed by atoms with Crippen LogP contribution in [0.1, 0.15) is 45.2 Å². The molecule has 1 aromatic heterocycles. The highest BCUT2D eigenvalue weighted by molar-refractivity contribution is 9.10. The SMILES string of the molecule is O=C(O)c1ccc(C(=O)N2CCC(c3ccc(Br)cc3)CC2)cn1. The molecule has 2 heterocycles. The minimum absolute atomic E-state index is 0.0551. The first-order valence-electron chi connectivity index (χ1n) is 7.78. The summed E-state index contributed by atoms with van der Waals surface area (Å²) < 4.78 is 1.07. The maximum Gasteiger partial charge on any atom is 0.354 e. The van der Waals surface area contributed by atoms with Crippen molar-refractivity contribution in [3.05, 3.63) is 63.9 Å². The predicted octanol–water partition coefficient (Wildman–Crippen LogP) is 3.56. The number of aromatic nitrogens is 1. The van der Waals surface area contributed by atoms with Crippen molar-refractivity contribution in [2.45, 2.75) is 18.8 Å². The number of pyridine rings is 1. The summed E-state index contributed by atoms with van der Waals surface area (Å²) in [5.41, 5.74) is 1.68. The number of carbonyl (C=O) groups excluding carboxylic acids is 1. The van der Waals surface area contributed by atoms with E-state index >= 15 is 0 Å². The average Bonchev–Trinajstić information content (AvgIpc) is 2.62. The number of halogens is 1. The van der Waals surface area contributed by atoms with Crippen LogP contribution >= 0.6 is 15.9 Å². The normalized spacial score (nSPS) is 15.3. The zero-order valence-corrected chi connectivity index (χ0v) is 14.6. The molecule has 3 rings (SSSR count). The molecule has 24 heavy (non-hydrogen) atoms. The Labute approximate surface area is 148 Å². The van der Waals surface area contributed by atoms with Gasteiger partial charge in [0.05, 0.1) is 5.56 Å². The minimum Gasteiger partial charge on any atom is -0.477 e. The number of nitrogens with zero attached hydrogens (tertiary/aromatic N) is 2. The fourth-order valence-corrected chi connectivity index (χ4v) is 3.24. The van der Waals surface area contributed by atoms with Crippen LogP contribution in [-0.4, -0.2) is 40.0 Å². The lowest BCUT2D eigenvalue weighted by atomic mass is 9.89. The van der Waals surface area contributed by atoms with Crippen LogP contribution in [0.4, 0.5) is 0 Å². The second-order valence-electron chi connectivity index (χ2n) is 5.86. The van der Waals surface area contributed by atoms with Crippen LogP contribution in [0.2, 0.25) is 0 Å². The van der Waals surface area contributed by atoms with Gasteiger partial charge in [-0.25, -0.2) is 9.78 Å². The number of carboxylic acids is 1. The molecule has 124 valence electrons. The van der Waals surface area contributed by atoms with Crippen molar-refractivity contribution in [3.8, 4) is 0 Å². The maximum absolute atomic E-state index is 12.5. The number of rotatable bonds is 3. The van der Waals surface area contributed by atoms with Gasteiger partial charge in [0.1, 0.15) is 5.69 Å². The van der Waals surface area contributed by atoms with Crippen molar-refractivity contribution in [2.24, 2.45) is 0 Å². The highest BCUT2D eigenvalue weighted by Gasteiger charge is 2.24. The van der Waals surface area contributed by atoms with Crippen LogP contribution in [0.25, 0.3) is 0 Å². The van der Waals surface area contributed by atoms with Gasteiger partial charge in [0, 0.05) is 23.8 Å². The van der Waals surface area contributed by atoms with E-state index in [0.717, 1.165) is 17.3 Å². The molecule has 1 aliphatic rings. The zero-order chi connectivity index (χ0) is 17.1. The van der Waals surface area contributed by atoms with Gasteiger partial charge in [-0.05, 0) is 48.6 Å². The first-order chi connectivity index (χ1) is 11.5. The highest BCUT2D eigenvalue weighted by atomic mass is 79.9. The number of benzene rings is 1. The summed E-state index contributed by atoms with van der Waals surface area (Å²) in [6, 6.07) is 11.2. The van der Waals surface area contributed by atoms with Gasteiger partial charge in [0.15, 0.2) is 0 Å². The summed E-state index contributed by atoms with van der Waals surface area (Å²) in [4.78, 5) is 28.9. The molecule has 0 atom stereocenters. The fourth-order valence-electron chi connectivity index (χ4n) is 2.98. The average molecular weight is 389 g/mol. The van der Waals surface area contributed by atoms with Gasteiger partial charge >= 0.3 is 5.97 Å². The third-order valence-electron chi connectivity index (χ3n) is 4.35. The number of hydrogen-bond donors (Lipinski definition) is 1. The lowest BCUT2D eigenvalue weighted by molar-refractivity contribution is 0.0682. The molecular formula is C18H17BrN2O3. The molecule has 0 aliphatic carbocycles. The Bertz CT molecular complexity index is 736.